The molecule has 6 rings (SSSR count). The first kappa shape index (κ1) is 32.5. The largest absolute Gasteiger partial charge is 0.463 e. The molecule has 4 aliphatic heterocycles. The first-order valence-electron chi connectivity index (χ1n) is 16.4. The first-order valence-corrected chi connectivity index (χ1v) is 16.4. The van der Waals surface area contributed by atoms with E-state index < -0.39 is 47.4 Å². The van der Waals surface area contributed by atoms with Crippen molar-refractivity contribution in [3.05, 3.63) is 84.5 Å². The van der Waals surface area contributed by atoms with Crippen molar-refractivity contribution in [3.63, 3.8) is 0 Å². The number of hydrogen-bond acceptors (Lipinski definition) is 8. The summed E-state index contributed by atoms with van der Waals surface area (Å²) in [5, 5.41) is 13.1. The van der Waals surface area contributed by atoms with E-state index in [1.165, 1.54) is 4.90 Å². The van der Waals surface area contributed by atoms with E-state index in [-0.39, 0.29) is 44.6 Å². The number of esters is 1. The van der Waals surface area contributed by atoms with E-state index >= 15 is 0 Å². The molecular formula is C36H42N4O7. The number of likely N-dealkylation sites (tertiary alicyclic amines) is 1. The fourth-order valence-corrected chi connectivity index (χ4v) is 7.45. The minimum Gasteiger partial charge on any atom is -0.463 e. The van der Waals surface area contributed by atoms with Gasteiger partial charge in [0.15, 0.2) is 0 Å². The van der Waals surface area contributed by atoms with Gasteiger partial charge in [-0.25, -0.2) is 0 Å². The molecule has 2 aromatic rings. The van der Waals surface area contributed by atoms with E-state index in [1.54, 1.807) is 23.1 Å². The molecule has 2 saturated heterocycles. The summed E-state index contributed by atoms with van der Waals surface area (Å²) in [6.45, 7) is 5.60. The SMILES string of the molecule is CCN(CC)c1ccc(N2CC=C[C@@]34O[C@H]5/C=C\CCC(=O)OC[C@H](c6ccccc6)NC(=O)[C@H]5[C@@H]3C(=O)N(CCO)[C@H]4C2=O)cc1. The number of β-amino-alcohol motifs (C(OH)–C–C–N with tert-alkyl or cyclic N) is 1. The molecule has 6 atom stereocenters. The van der Waals surface area contributed by atoms with Gasteiger partial charge >= 0.3 is 5.97 Å². The van der Waals surface area contributed by atoms with Crippen LogP contribution in [0.4, 0.5) is 11.4 Å². The summed E-state index contributed by atoms with van der Waals surface area (Å²) in [7, 11) is 0. The smallest absolute Gasteiger partial charge is 0.306 e. The zero-order valence-electron chi connectivity index (χ0n) is 26.8. The number of aliphatic hydroxyl groups is 1. The molecule has 4 heterocycles. The van der Waals surface area contributed by atoms with Crippen molar-refractivity contribution in [2.24, 2.45) is 11.8 Å². The molecule has 0 saturated carbocycles. The molecule has 0 aliphatic carbocycles. The molecule has 2 fully saturated rings. The summed E-state index contributed by atoms with van der Waals surface area (Å²) < 4.78 is 12.3. The standard InChI is InChI=1S/C36H42N4O7/c1-3-38(4-2)25-15-17-26(18-16-25)39-20-10-19-36-31(34(44)40(21-22-41)32(36)35(39)45)30-28(47-36)13-8-9-14-29(42)46-23-27(37-33(30)43)24-11-6-5-7-12-24/h5-8,10-13,15-19,27-28,30-32,41H,3-4,9,14,20-23H2,1-2H3,(H,37,43)/b13-8-/t27-,28+,30-,31-,32+,36-/m1/s1. The van der Waals surface area contributed by atoms with Crippen LogP contribution in [0.2, 0.25) is 0 Å². The zero-order valence-corrected chi connectivity index (χ0v) is 26.8. The molecule has 47 heavy (non-hydrogen) atoms. The predicted octanol–water partition coefficient (Wildman–Crippen LogP) is 2.76. The number of benzene rings is 2. The topological polar surface area (TPSA) is 129 Å². The van der Waals surface area contributed by atoms with Crippen LogP contribution < -0.4 is 15.1 Å². The number of fused-ring (bicyclic) bond motifs is 2. The van der Waals surface area contributed by atoms with E-state index in [0.717, 1.165) is 24.3 Å². The lowest BCUT2D eigenvalue weighted by Crippen LogP contribution is -2.55. The van der Waals surface area contributed by atoms with Crippen molar-refractivity contribution in [2.75, 3.05) is 49.2 Å². The molecule has 2 N–H and O–H groups in total. The van der Waals surface area contributed by atoms with Crippen molar-refractivity contribution in [3.8, 4) is 0 Å². The number of carbonyl (C=O) groups excluding carboxylic acids is 4. The number of allylic oxidation sites excluding steroid dienone is 1. The Kier molecular flexibility index (Phi) is 9.47. The van der Waals surface area contributed by atoms with E-state index in [4.69, 9.17) is 9.47 Å². The number of carbonyl (C=O) groups is 4. The zero-order chi connectivity index (χ0) is 33.1. The normalized spacial score (nSPS) is 29.9. The van der Waals surface area contributed by atoms with Gasteiger partial charge in [-0.3, -0.25) is 19.2 Å². The highest BCUT2D eigenvalue weighted by Crippen LogP contribution is 2.53. The van der Waals surface area contributed by atoms with Gasteiger partial charge in [-0.2, -0.15) is 0 Å². The molecular weight excluding hydrogens is 600 g/mol. The lowest BCUT2D eigenvalue weighted by molar-refractivity contribution is -0.146. The maximum Gasteiger partial charge on any atom is 0.306 e. The van der Waals surface area contributed by atoms with E-state index in [9.17, 15) is 24.3 Å². The van der Waals surface area contributed by atoms with Crippen LogP contribution in [-0.2, 0) is 28.7 Å². The minimum absolute atomic E-state index is 0.0695. The summed E-state index contributed by atoms with van der Waals surface area (Å²) in [6, 6.07) is 15.2. The lowest BCUT2D eigenvalue weighted by atomic mass is 9.77. The van der Waals surface area contributed by atoms with Crippen molar-refractivity contribution in [1.82, 2.24) is 10.2 Å². The van der Waals surface area contributed by atoms with Gasteiger partial charge in [-0.1, -0.05) is 54.6 Å². The van der Waals surface area contributed by atoms with Crippen molar-refractivity contribution in [1.29, 1.82) is 0 Å². The lowest BCUT2D eigenvalue weighted by Gasteiger charge is -2.35. The van der Waals surface area contributed by atoms with Gasteiger partial charge in [-0.15, -0.1) is 0 Å². The molecule has 0 bridgehead atoms. The first-order chi connectivity index (χ1) is 22.8. The van der Waals surface area contributed by atoms with Crippen LogP contribution in [0.15, 0.2) is 78.9 Å². The maximum absolute atomic E-state index is 14.6. The van der Waals surface area contributed by atoms with Crippen LogP contribution >= 0.6 is 0 Å². The van der Waals surface area contributed by atoms with Gasteiger partial charge in [0.25, 0.3) is 5.91 Å². The number of aliphatic hydroxyl groups excluding tert-OH is 1. The minimum atomic E-state index is -1.45. The molecule has 0 unspecified atom stereocenters. The Hall–Kier alpha value is -4.48. The fourth-order valence-electron chi connectivity index (χ4n) is 7.45. The van der Waals surface area contributed by atoms with Crippen LogP contribution in [0.5, 0.6) is 0 Å². The van der Waals surface area contributed by atoms with Gasteiger partial charge < -0.3 is 34.6 Å². The Labute approximate surface area is 274 Å². The molecule has 1 spiro atoms. The number of nitrogens with one attached hydrogen (secondary N) is 1. The third-order valence-electron chi connectivity index (χ3n) is 9.70. The molecule has 0 aromatic heterocycles. The number of anilines is 2. The molecule has 248 valence electrons. The van der Waals surface area contributed by atoms with Crippen molar-refractivity contribution >= 4 is 35.1 Å². The highest BCUT2D eigenvalue weighted by Gasteiger charge is 2.71. The number of cyclic esters (lactones) is 1. The second-order valence-electron chi connectivity index (χ2n) is 12.3. The Bertz CT molecular complexity index is 1540. The van der Waals surface area contributed by atoms with Crippen LogP contribution in [0.3, 0.4) is 0 Å². The van der Waals surface area contributed by atoms with Crippen LogP contribution in [0.25, 0.3) is 0 Å². The Morgan fingerprint density at radius 3 is 2.43 bits per heavy atom. The fraction of sp³-hybridized carbons (Fsp3) is 0.444. The molecule has 4 aliphatic rings. The summed E-state index contributed by atoms with van der Waals surface area (Å²) in [5.41, 5.74) is 1.00. The van der Waals surface area contributed by atoms with Gasteiger partial charge in [0.1, 0.15) is 18.2 Å². The molecule has 0 radical (unpaired) electrons. The Morgan fingerprint density at radius 1 is 0.979 bits per heavy atom. The summed E-state index contributed by atoms with van der Waals surface area (Å²) in [6.07, 6.45) is 6.74. The summed E-state index contributed by atoms with van der Waals surface area (Å²) in [4.78, 5) is 60.9. The maximum atomic E-state index is 14.6. The monoisotopic (exact) mass is 642 g/mol. The van der Waals surface area contributed by atoms with Gasteiger partial charge in [0, 0.05) is 44.0 Å². The average Bonchev–Trinajstić information content (AvgIpc) is 3.46. The molecule has 2 aromatic carbocycles. The van der Waals surface area contributed by atoms with Gasteiger partial charge in [0.05, 0.1) is 30.6 Å². The number of rotatable bonds is 7. The number of nitrogens with zero attached hydrogens (tertiary/aromatic N) is 3. The quantitative estimate of drug-likeness (QED) is 0.349. The van der Waals surface area contributed by atoms with Gasteiger partial charge in [-0.05, 0) is 50.1 Å². The number of ether oxygens (including phenoxy) is 2. The molecule has 11 nitrogen and oxygen atoms in total. The number of hydrogen-bond donors (Lipinski definition) is 2. The van der Waals surface area contributed by atoms with Crippen molar-refractivity contribution in [2.45, 2.75) is 50.5 Å². The second-order valence-corrected chi connectivity index (χ2v) is 12.3. The predicted molar refractivity (Wildman–Crippen MR) is 175 cm³/mol. The molecule has 11 heteroatoms. The second kappa shape index (κ2) is 13.7. The van der Waals surface area contributed by atoms with E-state index in [2.05, 4.69) is 24.1 Å². The third-order valence-corrected chi connectivity index (χ3v) is 9.70. The molecule has 3 amide bonds. The highest BCUT2D eigenvalue weighted by atomic mass is 16.5. The average molecular weight is 643 g/mol. The van der Waals surface area contributed by atoms with Crippen molar-refractivity contribution < 1.29 is 33.8 Å². The summed E-state index contributed by atoms with van der Waals surface area (Å²) in [5.74, 6) is -3.62. The van der Waals surface area contributed by atoms with E-state index in [0.29, 0.717) is 12.1 Å². The third kappa shape index (κ3) is 5.94. The Balaban J connectivity index is 1.38. The van der Waals surface area contributed by atoms with E-state index in [1.807, 2.05) is 60.7 Å². The summed E-state index contributed by atoms with van der Waals surface area (Å²) >= 11 is 0. The number of amides is 3. The van der Waals surface area contributed by atoms with Crippen LogP contribution in [0.1, 0.15) is 38.3 Å². The van der Waals surface area contributed by atoms with Crippen LogP contribution in [0, 0.1) is 11.8 Å². The van der Waals surface area contributed by atoms with Gasteiger partial charge in [0.2, 0.25) is 11.8 Å². The highest BCUT2D eigenvalue weighted by molar-refractivity contribution is 6.05. The Morgan fingerprint density at radius 2 is 1.72 bits per heavy atom. The van der Waals surface area contributed by atoms with Crippen LogP contribution in [-0.4, -0.2) is 90.8 Å².